The molecule has 1 N–H and O–H groups in total. The molecule has 0 bridgehead atoms. The van der Waals surface area contributed by atoms with Crippen LogP contribution in [0.5, 0.6) is 5.75 Å². The van der Waals surface area contributed by atoms with E-state index in [1.807, 2.05) is 0 Å². The van der Waals surface area contributed by atoms with E-state index in [-0.39, 0.29) is 17.4 Å². The van der Waals surface area contributed by atoms with Crippen LogP contribution in [0.2, 0.25) is 0 Å². The predicted octanol–water partition coefficient (Wildman–Crippen LogP) is 2.57. The molecule has 0 radical (unpaired) electrons. The third-order valence-corrected chi connectivity index (χ3v) is 5.86. The standard InChI is InChI=1S/C17H19F3N4O3S/c18-17(19,20)27-14-1-3-15(4-2-14)28(25,26)23-11-13-5-9-24(10-6-13)16-12-21-7-8-22-16/h1-4,7-8,12-13,23H,5-6,9-11H2. The lowest BCUT2D eigenvalue weighted by Crippen LogP contribution is -2.39. The van der Waals surface area contributed by atoms with Crippen molar-refractivity contribution in [3.8, 4) is 5.75 Å². The van der Waals surface area contributed by atoms with Gasteiger partial charge in [-0.3, -0.25) is 4.98 Å². The second-order valence-corrected chi connectivity index (χ2v) is 8.13. The maximum Gasteiger partial charge on any atom is 0.573 e. The maximum atomic E-state index is 12.4. The number of rotatable bonds is 6. The average Bonchev–Trinajstić information content (AvgIpc) is 2.67. The van der Waals surface area contributed by atoms with Gasteiger partial charge in [-0.25, -0.2) is 18.1 Å². The van der Waals surface area contributed by atoms with Crippen molar-refractivity contribution >= 4 is 15.8 Å². The summed E-state index contributed by atoms with van der Waals surface area (Å²) in [6.45, 7) is 1.75. The van der Waals surface area contributed by atoms with Gasteiger partial charge in [0.2, 0.25) is 10.0 Å². The Bertz CT molecular complexity index is 869. The summed E-state index contributed by atoms with van der Waals surface area (Å²) in [5, 5.41) is 0. The van der Waals surface area contributed by atoms with Crippen LogP contribution in [0.4, 0.5) is 19.0 Å². The molecule has 0 spiro atoms. The van der Waals surface area contributed by atoms with E-state index in [9.17, 15) is 21.6 Å². The molecule has 11 heteroatoms. The fourth-order valence-electron chi connectivity index (χ4n) is 2.95. The Balaban J connectivity index is 1.51. The lowest BCUT2D eigenvalue weighted by atomic mass is 9.97. The zero-order chi connectivity index (χ0) is 20.2. The summed E-state index contributed by atoms with van der Waals surface area (Å²) in [6, 6.07) is 4.11. The van der Waals surface area contributed by atoms with Gasteiger partial charge in [-0.15, -0.1) is 13.2 Å². The molecule has 0 saturated carbocycles. The zero-order valence-electron chi connectivity index (χ0n) is 14.8. The number of benzene rings is 1. The van der Waals surface area contributed by atoms with E-state index in [1.54, 1.807) is 18.6 Å². The van der Waals surface area contributed by atoms with Gasteiger partial charge in [0.05, 0.1) is 11.1 Å². The average molecular weight is 416 g/mol. The summed E-state index contributed by atoms with van der Waals surface area (Å²) in [4.78, 5) is 10.3. The van der Waals surface area contributed by atoms with Crippen LogP contribution in [0.1, 0.15) is 12.8 Å². The van der Waals surface area contributed by atoms with Crippen LogP contribution in [0.15, 0.2) is 47.8 Å². The number of anilines is 1. The molecule has 0 atom stereocenters. The van der Waals surface area contributed by atoms with Gasteiger partial charge in [0.15, 0.2) is 0 Å². The summed E-state index contributed by atoms with van der Waals surface area (Å²) < 4.78 is 67.5. The van der Waals surface area contributed by atoms with Gasteiger partial charge in [-0.2, -0.15) is 0 Å². The number of nitrogens with zero attached hydrogens (tertiary/aromatic N) is 3. The molecule has 0 amide bonds. The topological polar surface area (TPSA) is 84.4 Å². The first-order valence-corrected chi connectivity index (χ1v) is 10.1. The highest BCUT2D eigenvalue weighted by Crippen LogP contribution is 2.24. The Morgan fingerprint density at radius 3 is 2.39 bits per heavy atom. The number of hydrogen-bond donors (Lipinski definition) is 1. The number of ether oxygens (including phenoxy) is 1. The minimum Gasteiger partial charge on any atom is -0.406 e. The largest absolute Gasteiger partial charge is 0.573 e. The van der Waals surface area contributed by atoms with Crippen LogP contribution in [0, 0.1) is 5.92 Å². The number of aromatic nitrogens is 2. The van der Waals surface area contributed by atoms with E-state index in [0.29, 0.717) is 0 Å². The third-order valence-electron chi connectivity index (χ3n) is 4.42. The Morgan fingerprint density at radius 2 is 1.82 bits per heavy atom. The second kappa shape index (κ2) is 8.31. The lowest BCUT2D eigenvalue weighted by Gasteiger charge is -2.32. The molecule has 1 fully saturated rings. The number of alkyl halides is 3. The Labute approximate surface area is 160 Å². The van der Waals surface area contributed by atoms with Gasteiger partial charge in [-0.05, 0) is 43.0 Å². The molecule has 28 heavy (non-hydrogen) atoms. The molecular formula is C17H19F3N4O3S. The quantitative estimate of drug-likeness (QED) is 0.779. The molecule has 1 aromatic heterocycles. The Hall–Kier alpha value is -2.40. The highest BCUT2D eigenvalue weighted by molar-refractivity contribution is 7.89. The minimum atomic E-state index is -4.82. The second-order valence-electron chi connectivity index (χ2n) is 6.37. The molecule has 0 aliphatic carbocycles. The smallest absolute Gasteiger partial charge is 0.406 e. The first-order chi connectivity index (χ1) is 13.2. The maximum absolute atomic E-state index is 12.4. The SMILES string of the molecule is O=S(=O)(NCC1CCN(c2cnccn2)CC1)c1ccc(OC(F)(F)F)cc1. The molecule has 7 nitrogen and oxygen atoms in total. The summed E-state index contributed by atoms with van der Waals surface area (Å²) in [5.41, 5.74) is 0. The number of sulfonamides is 1. The van der Waals surface area contributed by atoms with Crippen molar-refractivity contribution in [3.63, 3.8) is 0 Å². The van der Waals surface area contributed by atoms with Crippen molar-refractivity contribution in [2.24, 2.45) is 5.92 Å². The van der Waals surface area contributed by atoms with Crippen LogP contribution in [-0.4, -0.2) is 44.4 Å². The fourth-order valence-corrected chi connectivity index (χ4v) is 4.07. The van der Waals surface area contributed by atoms with Crippen LogP contribution in [0.25, 0.3) is 0 Å². The molecule has 152 valence electrons. The van der Waals surface area contributed by atoms with Crippen molar-refractivity contribution in [1.82, 2.24) is 14.7 Å². The predicted molar refractivity (Wildman–Crippen MR) is 95.3 cm³/mol. The van der Waals surface area contributed by atoms with Gasteiger partial charge < -0.3 is 9.64 Å². The van der Waals surface area contributed by atoms with Crippen LogP contribution in [0.3, 0.4) is 0 Å². The van der Waals surface area contributed by atoms with E-state index in [2.05, 4.69) is 24.3 Å². The molecule has 3 rings (SSSR count). The highest BCUT2D eigenvalue weighted by Gasteiger charge is 2.31. The first kappa shape index (κ1) is 20.3. The van der Waals surface area contributed by atoms with E-state index in [0.717, 1.165) is 56.0 Å². The molecule has 1 aliphatic heterocycles. The van der Waals surface area contributed by atoms with Crippen LogP contribution in [-0.2, 0) is 10.0 Å². The molecule has 2 heterocycles. The van der Waals surface area contributed by atoms with Gasteiger partial charge in [0, 0.05) is 32.0 Å². The van der Waals surface area contributed by atoms with Crippen LogP contribution < -0.4 is 14.4 Å². The van der Waals surface area contributed by atoms with E-state index >= 15 is 0 Å². The van der Waals surface area contributed by atoms with E-state index in [4.69, 9.17) is 0 Å². The van der Waals surface area contributed by atoms with Crippen LogP contribution >= 0.6 is 0 Å². The monoisotopic (exact) mass is 416 g/mol. The number of hydrogen-bond acceptors (Lipinski definition) is 6. The first-order valence-electron chi connectivity index (χ1n) is 8.59. The normalized spacial score (nSPS) is 16.2. The van der Waals surface area contributed by atoms with E-state index < -0.39 is 22.1 Å². The van der Waals surface area contributed by atoms with Crippen molar-refractivity contribution in [3.05, 3.63) is 42.9 Å². The minimum absolute atomic E-state index is 0.112. The summed E-state index contributed by atoms with van der Waals surface area (Å²) >= 11 is 0. The summed E-state index contributed by atoms with van der Waals surface area (Å²) in [6.07, 6.45) is 1.68. The van der Waals surface area contributed by atoms with Gasteiger partial charge in [0.25, 0.3) is 0 Å². The molecule has 1 aliphatic rings. The van der Waals surface area contributed by atoms with Crippen molar-refractivity contribution in [1.29, 1.82) is 0 Å². The lowest BCUT2D eigenvalue weighted by molar-refractivity contribution is -0.274. The van der Waals surface area contributed by atoms with Gasteiger partial charge in [-0.1, -0.05) is 0 Å². The number of nitrogens with one attached hydrogen (secondary N) is 1. The van der Waals surface area contributed by atoms with E-state index in [1.165, 1.54) is 0 Å². The molecule has 2 aromatic rings. The third kappa shape index (κ3) is 5.55. The Morgan fingerprint density at radius 1 is 1.14 bits per heavy atom. The van der Waals surface area contributed by atoms with Crippen molar-refractivity contribution in [2.45, 2.75) is 24.1 Å². The molecular weight excluding hydrogens is 397 g/mol. The molecule has 1 saturated heterocycles. The molecule has 0 unspecified atom stereocenters. The number of piperidine rings is 1. The summed E-state index contributed by atoms with van der Waals surface area (Å²) in [5.74, 6) is 0.487. The Kier molecular flexibility index (Phi) is 6.04. The number of halogens is 3. The van der Waals surface area contributed by atoms with Crippen molar-refractivity contribution in [2.75, 3.05) is 24.5 Å². The molecule has 1 aromatic carbocycles. The highest BCUT2D eigenvalue weighted by atomic mass is 32.2. The summed E-state index contributed by atoms with van der Waals surface area (Å²) in [7, 11) is -3.81. The van der Waals surface area contributed by atoms with Gasteiger partial charge in [0.1, 0.15) is 11.6 Å². The zero-order valence-corrected chi connectivity index (χ0v) is 15.6. The van der Waals surface area contributed by atoms with Gasteiger partial charge >= 0.3 is 6.36 Å². The van der Waals surface area contributed by atoms with Crippen molar-refractivity contribution < 1.29 is 26.3 Å². The fraction of sp³-hybridized carbons (Fsp3) is 0.412.